The predicted molar refractivity (Wildman–Crippen MR) is 71.5 cm³/mol. The molecular weight excluding hydrogens is 242 g/mol. The summed E-state index contributed by atoms with van der Waals surface area (Å²) in [6.45, 7) is 4.15. The van der Waals surface area contributed by atoms with Gasteiger partial charge in [-0.25, -0.2) is 14.5 Å². The van der Waals surface area contributed by atoms with Crippen molar-refractivity contribution in [2.45, 2.75) is 45.1 Å². The van der Waals surface area contributed by atoms with E-state index in [1.165, 1.54) is 0 Å². The SMILES string of the molecule is CC[C@H](C)n1ncc2c(C(=O)O)cc(C3CC3)nc21. The van der Waals surface area contributed by atoms with Crippen molar-refractivity contribution in [2.75, 3.05) is 0 Å². The average Bonchev–Trinajstić information content (AvgIpc) is 3.16. The maximum absolute atomic E-state index is 11.4. The van der Waals surface area contributed by atoms with Gasteiger partial charge in [-0.2, -0.15) is 5.10 Å². The molecule has 2 aromatic heterocycles. The molecule has 19 heavy (non-hydrogen) atoms. The lowest BCUT2D eigenvalue weighted by molar-refractivity contribution is 0.0699. The van der Waals surface area contributed by atoms with Crippen molar-refractivity contribution in [3.05, 3.63) is 23.5 Å². The van der Waals surface area contributed by atoms with Crippen LogP contribution in [0.1, 0.15) is 61.1 Å². The van der Waals surface area contributed by atoms with Gasteiger partial charge in [-0.3, -0.25) is 0 Å². The normalized spacial score (nSPS) is 16.7. The van der Waals surface area contributed by atoms with Crippen LogP contribution < -0.4 is 0 Å². The summed E-state index contributed by atoms with van der Waals surface area (Å²) in [5.74, 6) is -0.471. The van der Waals surface area contributed by atoms with Crippen LogP contribution in [0.25, 0.3) is 11.0 Å². The van der Waals surface area contributed by atoms with Crippen LogP contribution in [0.5, 0.6) is 0 Å². The molecule has 0 bridgehead atoms. The molecule has 0 spiro atoms. The Morgan fingerprint density at radius 3 is 2.89 bits per heavy atom. The predicted octanol–water partition coefficient (Wildman–Crippen LogP) is 2.98. The van der Waals surface area contributed by atoms with Gasteiger partial charge in [-0.15, -0.1) is 0 Å². The quantitative estimate of drug-likeness (QED) is 0.916. The monoisotopic (exact) mass is 259 g/mol. The number of aromatic carboxylic acids is 1. The molecule has 1 N–H and O–H groups in total. The van der Waals surface area contributed by atoms with Crippen molar-refractivity contribution >= 4 is 17.0 Å². The number of carboxylic acid groups (broad SMARTS) is 1. The molecule has 1 fully saturated rings. The highest BCUT2D eigenvalue weighted by Crippen LogP contribution is 2.40. The van der Waals surface area contributed by atoms with Gasteiger partial charge in [0, 0.05) is 11.6 Å². The molecule has 0 aromatic carbocycles. The summed E-state index contributed by atoms with van der Waals surface area (Å²) in [7, 11) is 0. The molecule has 100 valence electrons. The largest absolute Gasteiger partial charge is 0.478 e. The van der Waals surface area contributed by atoms with E-state index >= 15 is 0 Å². The van der Waals surface area contributed by atoms with E-state index in [-0.39, 0.29) is 6.04 Å². The molecule has 0 unspecified atom stereocenters. The first-order valence-corrected chi connectivity index (χ1v) is 6.73. The van der Waals surface area contributed by atoms with Crippen molar-refractivity contribution in [1.29, 1.82) is 0 Å². The summed E-state index contributed by atoms with van der Waals surface area (Å²) in [5, 5.41) is 14.3. The van der Waals surface area contributed by atoms with Crippen LogP contribution in [-0.2, 0) is 0 Å². The summed E-state index contributed by atoms with van der Waals surface area (Å²) in [6, 6.07) is 1.94. The van der Waals surface area contributed by atoms with Crippen molar-refractivity contribution in [2.24, 2.45) is 0 Å². The minimum Gasteiger partial charge on any atom is -0.478 e. The summed E-state index contributed by atoms with van der Waals surface area (Å²) in [4.78, 5) is 16.0. The molecule has 0 aliphatic heterocycles. The molecule has 0 radical (unpaired) electrons. The first-order chi connectivity index (χ1) is 9.11. The lowest BCUT2D eigenvalue weighted by atomic mass is 10.1. The Hall–Kier alpha value is -1.91. The maximum Gasteiger partial charge on any atom is 0.336 e. The fourth-order valence-corrected chi connectivity index (χ4v) is 2.30. The Labute approximate surface area is 111 Å². The summed E-state index contributed by atoms with van der Waals surface area (Å²) in [5.41, 5.74) is 1.92. The zero-order chi connectivity index (χ0) is 13.6. The number of hydrogen-bond acceptors (Lipinski definition) is 3. The van der Waals surface area contributed by atoms with Gasteiger partial charge in [-0.05, 0) is 32.3 Å². The summed E-state index contributed by atoms with van der Waals surface area (Å²) in [6.07, 6.45) is 4.77. The second kappa shape index (κ2) is 4.33. The third-order valence-electron chi connectivity index (χ3n) is 3.82. The number of carboxylic acids is 1. The van der Waals surface area contributed by atoms with Gasteiger partial charge in [0.25, 0.3) is 0 Å². The van der Waals surface area contributed by atoms with E-state index in [0.29, 0.717) is 22.5 Å². The second-order valence-corrected chi connectivity index (χ2v) is 5.26. The van der Waals surface area contributed by atoms with E-state index in [0.717, 1.165) is 25.0 Å². The van der Waals surface area contributed by atoms with Gasteiger partial charge >= 0.3 is 5.97 Å². The van der Waals surface area contributed by atoms with Gasteiger partial charge in [0.15, 0.2) is 5.65 Å². The standard InChI is InChI=1S/C14H17N3O2/c1-3-8(2)17-13-11(7-15-17)10(14(18)19)6-12(16-13)9-4-5-9/h6-9H,3-5H2,1-2H3,(H,18,19)/t8-/m0/s1. The number of aromatic nitrogens is 3. The number of rotatable bonds is 4. The van der Waals surface area contributed by atoms with E-state index in [9.17, 15) is 9.90 Å². The minimum absolute atomic E-state index is 0.223. The highest BCUT2D eigenvalue weighted by Gasteiger charge is 2.28. The van der Waals surface area contributed by atoms with Crippen LogP contribution >= 0.6 is 0 Å². The Kier molecular flexibility index (Phi) is 2.77. The van der Waals surface area contributed by atoms with Crippen LogP contribution in [0.4, 0.5) is 0 Å². The molecule has 3 rings (SSSR count). The van der Waals surface area contributed by atoms with E-state index in [1.807, 2.05) is 4.68 Å². The fourth-order valence-electron chi connectivity index (χ4n) is 2.30. The van der Waals surface area contributed by atoms with Crippen LogP contribution in [0.15, 0.2) is 12.3 Å². The Morgan fingerprint density at radius 1 is 1.58 bits per heavy atom. The second-order valence-electron chi connectivity index (χ2n) is 5.26. The number of pyridine rings is 1. The Bertz CT molecular complexity index is 643. The van der Waals surface area contributed by atoms with Crippen LogP contribution in [0.3, 0.4) is 0 Å². The molecule has 1 atom stereocenters. The van der Waals surface area contributed by atoms with Crippen molar-refractivity contribution in [3.63, 3.8) is 0 Å². The molecule has 0 amide bonds. The smallest absolute Gasteiger partial charge is 0.336 e. The first-order valence-electron chi connectivity index (χ1n) is 6.73. The van der Waals surface area contributed by atoms with Gasteiger partial charge in [0.05, 0.1) is 23.2 Å². The van der Waals surface area contributed by atoms with Crippen LogP contribution in [0.2, 0.25) is 0 Å². The third-order valence-corrected chi connectivity index (χ3v) is 3.82. The van der Waals surface area contributed by atoms with E-state index in [4.69, 9.17) is 0 Å². The molecule has 2 aromatic rings. The fraction of sp³-hybridized carbons (Fsp3) is 0.500. The molecule has 2 heterocycles. The van der Waals surface area contributed by atoms with Crippen molar-refractivity contribution in [1.82, 2.24) is 14.8 Å². The molecule has 1 aliphatic rings. The van der Waals surface area contributed by atoms with Crippen LogP contribution in [-0.4, -0.2) is 25.8 Å². The topological polar surface area (TPSA) is 68.0 Å². The summed E-state index contributed by atoms with van der Waals surface area (Å²) < 4.78 is 1.84. The number of nitrogens with zero attached hydrogens (tertiary/aromatic N) is 3. The van der Waals surface area contributed by atoms with Gasteiger partial charge in [-0.1, -0.05) is 6.92 Å². The minimum atomic E-state index is -0.905. The van der Waals surface area contributed by atoms with Crippen molar-refractivity contribution in [3.8, 4) is 0 Å². The molecule has 1 saturated carbocycles. The van der Waals surface area contributed by atoms with Crippen LogP contribution in [0, 0.1) is 0 Å². The highest BCUT2D eigenvalue weighted by molar-refractivity contribution is 6.01. The lowest BCUT2D eigenvalue weighted by Crippen LogP contribution is -2.08. The van der Waals surface area contributed by atoms with Gasteiger partial charge in [0.2, 0.25) is 0 Å². The molecule has 5 heteroatoms. The summed E-state index contributed by atoms with van der Waals surface area (Å²) >= 11 is 0. The molecule has 1 aliphatic carbocycles. The molecular formula is C14H17N3O2. The zero-order valence-electron chi connectivity index (χ0n) is 11.1. The lowest BCUT2D eigenvalue weighted by Gasteiger charge is -2.11. The highest BCUT2D eigenvalue weighted by atomic mass is 16.4. The maximum atomic E-state index is 11.4. The Morgan fingerprint density at radius 2 is 2.32 bits per heavy atom. The van der Waals surface area contributed by atoms with Gasteiger partial charge < -0.3 is 5.11 Å². The van der Waals surface area contributed by atoms with Gasteiger partial charge in [0.1, 0.15) is 0 Å². The third kappa shape index (κ3) is 1.99. The number of hydrogen-bond donors (Lipinski definition) is 1. The average molecular weight is 259 g/mol. The zero-order valence-corrected chi connectivity index (χ0v) is 11.1. The molecule has 0 saturated heterocycles. The van der Waals surface area contributed by atoms with E-state index in [1.54, 1.807) is 12.3 Å². The number of fused-ring (bicyclic) bond motifs is 1. The Balaban J connectivity index is 2.24. The molecule has 5 nitrogen and oxygen atoms in total. The van der Waals surface area contributed by atoms with E-state index in [2.05, 4.69) is 23.9 Å². The van der Waals surface area contributed by atoms with Crippen molar-refractivity contribution < 1.29 is 9.90 Å². The van der Waals surface area contributed by atoms with E-state index < -0.39 is 5.97 Å². The number of carbonyl (C=O) groups is 1. The first kappa shape index (κ1) is 12.1.